The maximum atomic E-state index is 14.6. The Morgan fingerprint density at radius 2 is 1.79 bits per heavy atom. The van der Waals surface area contributed by atoms with Gasteiger partial charge in [0, 0.05) is 11.1 Å². The lowest BCUT2D eigenvalue weighted by molar-refractivity contribution is -0.274. The Labute approximate surface area is 222 Å². The molecule has 0 spiro atoms. The Hall–Kier alpha value is -3.95. The number of fused-ring (bicyclic) bond motifs is 1. The van der Waals surface area contributed by atoms with Crippen molar-refractivity contribution in [3.05, 3.63) is 71.5 Å². The van der Waals surface area contributed by atoms with E-state index in [9.17, 15) is 27.5 Å². The molecule has 0 amide bonds. The van der Waals surface area contributed by atoms with Gasteiger partial charge in [0.1, 0.15) is 23.9 Å². The molecule has 0 bridgehead atoms. The maximum Gasteiger partial charge on any atom is 0.573 e. The highest BCUT2D eigenvalue weighted by Crippen LogP contribution is 2.49. The zero-order valence-electron chi connectivity index (χ0n) is 21.1. The van der Waals surface area contributed by atoms with E-state index in [2.05, 4.69) is 4.74 Å². The van der Waals surface area contributed by atoms with Crippen LogP contribution in [0.25, 0.3) is 11.1 Å². The van der Waals surface area contributed by atoms with Crippen molar-refractivity contribution >= 4 is 5.97 Å². The number of benzene rings is 3. The molecule has 10 heteroatoms. The normalized spacial score (nSPS) is 18.3. The van der Waals surface area contributed by atoms with E-state index in [0.717, 1.165) is 30.5 Å². The first-order valence-corrected chi connectivity index (χ1v) is 12.4. The summed E-state index contributed by atoms with van der Waals surface area (Å²) in [6.07, 6.45) is -3.92. The fourth-order valence-corrected chi connectivity index (χ4v) is 5.05. The van der Waals surface area contributed by atoms with Crippen LogP contribution in [-0.2, 0) is 4.79 Å². The third kappa shape index (κ3) is 5.74. The average Bonchev–Trinajstić information content (AvgIpc) is 3.73. The van der Waals surface area contributed by atoms with Gasteiger partial charge in [-0.25, -0.2) is 4.39 Å². The number of hydrogen-bond acceptors (Lipinski definition) is 5. The van der Waals surface area contributed by atoms with E-state index < -0.39 is 35.9 Å². The SMILES string of the molecule is COc1ccc(F)c(-c2ccc(C3COc4ccc(C(C5CC5)[C@H](C)C(=O)O)cc4O3)cc2OC(F)(F)F)c1. The fraction of sp³-hybridized carbons (Fsp3) is 0.345. The van der Waals surface area contributed by atoms with Gasteiger partial charge in [0.05, 0.1) is 13.0 Å². The number of hydrogen-bond donors (Lipinski definition) is 1. The molecule has 5 rings (SSSR count). The summed E-state index contributed by atoms with van der Waals surface area (Å²) >= 11 is 0. The summed E-state index contributed by atoms with van der Waals surface area (Å²) in [4.78, 5) is 11.7. The van der Waals surface area contributed by atoms with Crippen LogP contribution < -0.4 is 18.9 Å². The molecule has 2 aliphatic rings. The molecule has 1 fully saturated rings. The van der Waals surface area contributed by atoms with Gasteiger partial charge in [-0.15, -0.1) is 13.2 Å². The minimum Gasteiger partial charge on any atom is -0.497 e. The van der Waals surface area contributed by atoms with E-state index in [4.69, 9.17) is 14.2 Å². The lowest BCUT2D eigenvalue weighted by atomic mass is 9.83. The van der Waals surface area contributed by atoms with E-state index in [1.54, 1.807) is 19.1 Å². The summed E-state index contributed by atoms with van der Waals surface area (Å²) in [5, 5.41) is 9.60. The molecule has 3 aromatic rings. The number of carboxylic acids is 1. The third-order valence-electron chi connectivity index (χ3n) is 7.14. The Morgan fingerprint density at radius 1 is 1.03 bits per heavy atom. The summed E-state index contributed by atoms with van der Waals surface area (Å²) in [6.45, 7) is 1.70. The molecular weight excluding hydrogens is 520 g/mol. The van der Waals surface area contributed by atoms with E-state index in [0.29, 0.717) is 17.1 Å². The number of ether oxygens (including phenoxy) is 4. The quantitative estimate of drug-likeness (QED) is 0.303. The molecule has 1 N–H and O–H groups in total. The highest BCUT2D eigenvalue weighted by molar-refractivity contribution is 5.73. The molecular formula is C29H26F4O6. The fourth-order valence-electron chi connectivity index (χ4n) is 5.05. The van der Waals surface area contributed by atoms with Crippen LogP contribution in [0.15, 0.2) is 54.6 Å². The lowest BCUT2D eigenvalue weighted by Crippen LogP contribution is -2.24. The van der Waals surface area contributed by atoms with Gasteiger partial charge in [-0.3, -0.25) is 4.79 Å². The van der Waals surface area contributed by atoms with Gasteiger partial charge < -0.3 is 24.1 Å². The molecule has 3 atom stereocenters. The predicted octanol–water partition coefficient (Wildman–Crippen LogP) is 7.13. The number of aliphatic carboxylic acids is 1. The Bertz CT molecular complexity index is 1380. The molecule has 2 unspecified atom stereocenters. The van der Waals surface area contributed by atoms with Crippen LogP contribution in [-0.4, -0.2) is 31.2 Å². The molecule has 1 heterocycles. The van der Waals surface area contributed by atoms with Crippen molar-refractivity contribution in [2.45, 2.75) is 38.1 Å². The molecule has 206 valence electrons. The van der Waals surface area contributed by atoms with Gasteiger partial charge >= 0.3 is 12.3 Å². The minimum atomic E-state index is -5.02. The van der Waals surface area contributed by atoms with E-state index in [1.165, 1.54) is 31.4 Å². The van der Waals surface area contributed by atoms with Crippen LogP contribution in [0.2, 0.25) is 0 Å². The first-order valence-electron chi connectivity index (χ1n) is 12.4. The van der Waals surface area contributed by atoms with Gasteiger partial charge in [-0.1, -0.05) is 25.1 Å². The molecule has 6 nitrogen and oxygen atoms in total. The van der Waals surface area contributed by atoms with Crippen molar-refractivity contribution in [1.82, 2.24) is 0 Å². The first kappa shape index (κ1) is 26.6. The number of halogens is 4. The van der Waals surface area contributed by atoms with E-state index >= 15 is 0 Å². The standard InChI is InChI=1S/C29H26F4O6/c1-15(28(34)35)27(16-3-4-16)18-6-10-23-25(12-18)38-26(14-37-23)17-5-8-20(24(11-17)39-29(31,32)33)21-13-19(36-2)7-9-22(21)30/h5-13,15-16,26-27H,3-4,14H2,1-2H3,(H,34,35)/t15-,26?,27?/m0/s1. The summed E-state index contributed by atoms with van der Waals surface area (Å²) in [5.41, 5.74) is 0.909. The summed E-state index contributed by atoms with van der Waals surface area (Å²) in [5.74, 6) is -1.66. The first-order chi connectivity index (χ1) is 18.5. The number of rotatable bonds is 8. The minimum absolute atomic E-state index is 0.0161. The molecule has 39 heavy (non-hydrogen) atoms. The second-order valence-corrected chi connectivity index (χ2v) is 9.76. The largest absolute Gasteiger partial charge is 0.573 e. The second-order valence-electron chi connectivity index (χ2n) is 9.76. The Morgan fingerprint density at radius 3 is 2.46 bits per heavy atom. The number of carboxylic acid groups (broad SMARTS) is 1. The highest BCUT2D eigenvalue weighted by Gasteiger charge is 2.39. The zero-order chi connectivity index (χ0) is 27.9. The van der Waals surface area contributed by atoms with Crippen molar-refractivity contribution in [1.29, 1.82) is 0 Å². The van der Waals surface area contributed by atoms with Gasteiger partial charge in [0.25, 0.3) is 0 Å². The third-order valence-corrected chi connectivity index (χ3v) is 7.14. The number of alkyl halides is 3. The Balaban J connectivity index is 1.47. The highest BCUT2D eigenvalue weighted by atomic mass is 19.4. The van der Waals surface area contributed by atoms with Crippen LogP contribution in [0.4, 0.5) is 17.6 Å². The molecule has 0 aromatic heterocycles. The number of carbonyl (C=O) groups is 1. The van der Waals surface area contributed by atoms with E-state index in [-0.39, 0.29) is 35.3 Å². The summed E-state index contributed by atoms with van der Waals surface area (Å²) in [6, 6.07) is 13.1. The molecule has 0 radical (unpaired) electrons. The summed E-state index contributed by atoms with van der Waals surface area (Å²) < 4.78 is 76.0. The van der Waals surface area contributed by atoms with Gasteiger partial charge in [0.15, 0.2) is 17.6 Å². The average molecular weight is 547 g/mol. The van der Waals surface area contributed by atoms with Crippen molar-refractivity contribution in [3.8, 4) is 34.1 Å². The van der Waals surface area contributed by atoms with Crippen molar-refractivity contribution in [2.75, 3.05) is 13.7 Å². The zero-order valence-corrected chi connectivity index (χ0v) is 21.1. The lowest BCUT2D eigenvalue weighted by Gasteiger charge is -2.29. The van der Waals surface area contributed by atoms with E-state index in [1.807, 2.05) is 6.07 Å². The Kier molecular flexibility index (Phi) is 7.05. The van der Waals surface area contributed by atoms with Crippen molar-refractivity contribution < 1.29 is 46.4 Å². The van der Waals surface area contributed by atoms with Crippen LogP contribution >= 0.6 is 0 Å². The molecule has 1 aliphatic carbocycles. The van der Waals surface area contributed by atoms with Crippen LogP contribution in [0.1, 0.15) is 42.9 Å². The van der Waals surface area contributed by atoms with Crippen molar-refractivity contribution in [2.24, 2.45) is 11.8 Å². The number of methoxy groups -OCH3 is 1. The van der Waals surface area contributed by atoms with Gasteiger partial charge in [0.2, 0.25) is 0 Å². The molecule has 1 saturated carbocycles. The second kappa shape index (κ2) is 10.3. The van der Waals surface area contributed by atoms with Crippen molar-refractivity contribution in [3.63, 3.8) is 0 Å². The van der Waals surface area contributed by atoms with Crippen LogP contribution in [0, 0.1) is 17.7 Å². The van der Waals surface area contributed by atoms with Crippen LogP contribution in [0.5, 0.6) is 23.0 Å². The predicted molar refractivity (Wildman–Crippen MR) is 133 cm³/mol. The van der Waals surface area contributed by atoms with Crippen LogP contribution in [0.3, 0.4) is 0 Å². The van der Waals surface area contributed by atoms with Gasteiger partial charge in [-0.05, 0) is 72.2 Å². The molecule has 1 aliphatic heterocycles. The maximum absolute atomic E-state index is 14.6. The summed E-state index contributed by atoms with van der Waals surface area (Å²) in [7, 11) is 1.37. The molecule has 0 saturated heterocycles. The monoisotopic (exact) mass is 546 g/mol. The topological polar surface area (TPSA) is 74.2 Å². The molecule has 3 aromatic carbocycles. The smallest absolute Gasteiger partial charge is 0.497 e. The van der Waals surface area contributed by atoms with Gasteiger partial charge in [-0.2, -0.15) is 0 Å².